The zero-order valence-electron chi connectivity index (χ0n) is 12.2. The van der Waals surface area contributed by atoms with E-state index in [0.717, 1.165) is 23.8 Å². The Morgan fingerprint density at radius 1 is 1.36 bits per heavy atom. The molecule has 22 heavy (non-hydrogen) atoms. The van der Waals surface area contributed by atoms with E-state index in [1.165, 1.54) is 6.07 Å². The van der Waals surface area contributed by atoms with Gasteiger partial charge in [0, 0.05) is 17.3 Å². The number of rotatable bonds is 5. The van der Waals surface area contributed by atoms with Crippen molar-refractivity contribution in [1.29, 1.82) is 0 Å². The predicted molar refractivity (Wildman–Crippen MR) is 84.8 cm³/mol. The highest BCUT2D eigenvalue weighted by Crippen LogP contribution is 2.21. The highest BCUT2D eigenvalue weighted by molar-refractivity contribution is 7.92. The summed E-state index contributed by atoms with van der Waals surface area (Å²) in [5.74, 6) is -0.809. The van der Waals surface area contributed by atoms with Crippen molar-refractivity contribution in [2.45, 2.75) is 30.9 Å². The molecule has 2 heterocycles. The molecule has 0 saturated heterocycles. The van der Waals surface area contributed by atoms with Crippen LogP contribution in [0.4, 0.5) is 0 Å². The van der Waals surface area contributed by atoms with E-state index in [1.54, 1.807) is 18.4 Å². The van der Waals surface area contributed by atoms with Gasteiger partial charge in [-0.15, -0.1) is 11.3 Å². The van der Waals surface area contributed by atoms with E-state index in [4.69, 9.17) is 0 Å². The number of H-pyrrole nitrogens is 1. The molecule has 2 rings (SSSR count). The molecule has 8 heteroatoms. The molecule has 0 saturated carbocycles. The van der Waals surface area contributed by atoms with Crippen LogP contribution in [0.1, 0.15) is 35.0 Å². The number of thiophene rings is 1. The normalized spacial score (nSPS) is 11.4. The van der Waals surface area contributed by atoms with Crippen LogP contribution >= 0.6 is 11.3 Å². The number of pyridine rings is 1. The Morgan fingerprint density at radius 3 is 2.68 bits per heavy atom. The fourth-order valence-corrected chi connectivity index (χ4v) is 4.39. The minimum absolute atomic E-state index is 0.0324. The molecule has 0 bridgehead atoms. The number of carbonyl (C=O) groups excluding carboxylic acids is 1. The van der Waals surface area contributed by atoms with Crippen molar-refractivity contribution in [3.05, 3.63) is 50.8 Å². The molecule has 0 aliphatic carbocycles. The number of aromatic nitrogens is 1. The van der Waals surface area contributed by atoms with Crippen LogP contribution in [0.2, 0.25) is 0 Å². The largest absolute Gasteiger partial charge is 0.326 e. The first kappa shape index (κ1) is 16.4. The van der Waals surface area contributed by atoms with E-state index in [1.807, 2.05) is 11.6 Å². The van der Waals surface area contributed by atoms with E-state index in [-0.39, 0.29) is 9.77 Å². The lowest BCUT2D eigenvalue weighted by Crippen LogP contribution is -2.31. The summed E-state index contributed by atoms with van der Waals surface area (Å²) in [4.78, 5) is 26.3. The lowest BCUT2D eigenvalue weighted by Gasteiger charge is -2.07. The molecular weight excluding hydrogens is 324 g/mol. The van der Waals surface area contributed by atoms with Crippen molar-refractivity contribution in [2.24, 2.45) is 0 Å². The van der Waals surface area contributed by atoms with Gasteiger partial charge in [0.25, 0.3) is 15.9 Å². The Labute approximate surface area is 132 Å². The van der Waals surface area contributed by atoms with Crippen LogP contribution in [0.5, 0.6) is 0 Å². The molecule has 2 aromatic heterocycles. The quantitative estimate of drug-likeness (QED) is 0.867. The number of aromatic amines is 1. The summed E-state index contributed by atoms with van der Waals surface area (Å²) in [5, 5.41) is 1.64. The molecular formula is C14H16N2O4S2. The topological polar surface area (TPSA) is 96.1 Å². The second-order valence-electron chi connectivity index (χ2n) is 4.83. The minimum Gasteiger partial charge on any atom is -0.326 e. The molecule has 0 aliphatic heterocycles. The summed E-state index contributed by atoms with van der Waals surface area (Å²) in [6, 6.07) is 4.25. The molecule has 0 fully saturated rings. The standard InChI is InChI=1S/C14H16N2O4S2/c1-3-4-11-7-10(8-12(17)15-11)13(18)16-22(19,20)14-9(2)5-6-21-14/h5-8H,3-4H2,1-2H3,(H,15,17)(H,16,18). The fraction of sp³-hybridized carbons (Fsp3) is 0.286. The summed E-state index contributed by atoms with van der Waals surface area (Å²) in [5.41, 5.74) is 0.776. The van der Waals surface area contributed by atoms with Gasteiger partial charge >= 0.3 is 0 Å². The Morgan fingerprint density at radius 2 is 2.09 bits per heavy atom. The van der Waals surface area contributed by atoms with Crippen LogP contribution in [0.25, 0.3) is 0 Å². The van der Waals surface area contributed by atoms with Gasteiger partial charge in [-0.05, 0) is 36.4 Å². The number of nitrogens with one attached hydrogen (secondary N) is 2. The van der Waals surface area contributed by atoms with E-state index in [9.17, 15) is 18.0 Å². The lowest BCUT2D eigenvalue weighted by atomic mass is 10.1. The molecule has 0 aromatic carbocycles. The SMILES string of the molecule is CCCc1cc(C(=O)NS(=O)(=O)c2sccc2C)cc(=O)[nH]1. The van der Waals surface area contributed by atoms with Crippen molar-refractivity contribution in [3.8, 4) is 0 Å². The molecule has 0 atom stereocenters. The summed E-state index contributed by atoms with van der Waals surface area (Å²) >= 11 is 1.04. The zero-order chi connectivity index (χ0) is 16.3. The lowest BCUT2D eigenvalue weighted by molar-refractivity contribution is 0.0981. The second kappa shape index (κ2) is 6.45. The Bertz CT molecular complexity index is 850. The van der Waals surface area contributed by atoms with Crippen LogP contribution < -0.4 is 10.3 Å². The molecule has 1 amide bonds. The summed E-state index contributed by atoms with van der Waals surface area (Å²) in [6.07, 6.45) is 1.40. The number of hydrogen-bond donors (Lipinski definition) is 2. The molecule has 0 aliphatic rings. The van der Waals surface area contributed by atoms with Crippen molar-refractivity contribution in [1.82, 2.24) is 9.71 Å². The monoisotopic (exact) mass is 340 g/mol. The molecule has 6 nitrogen and oxygen atoms in total. The number of hydrogen-bond acceptors (Lipinski definition) is 5. The average molecular weight is 340 g/mol. The van der Waals surface area contributed by atoms with Crippen molar-refractivity contribution in [2.75, 3.05) is 0 Å². The third-order valence-corrected chi connectivity index (χ3v) is 5.99. The van der Waals surface area contributed by atoms with Crippen LogP contribution in [0.15, 0.2) is 32.6 Å². The first-order chi connectivity index (χ1) is 10.3. The first-order valence-corrected chi connectivity index (χ1v) is 9.04. The van der Waals surface area contributed by atoms with Crippen LogP contribution in [-0.2, 0) is 16.4 Å². The Kier molecular flexibility index (Phi) is 4.82. The van der Waals surface area contributed by atoms with Gasteiger partial charge in [-0.1, -0.05) is 13.3 Å². The maximum Gasteiger partial charge on any atom is 0.274 e. The maximum atomic E-state index is 12.2. The Hall–Kier alpha value is -1.93. The maximum absolute atomic E-state index is 12.2. The molecule has 2 aromatic rings. The number of aryl methyl sites for hydroxylation is 2. The van der Waals surface area contributed by atoms with Gasteiger partial charge in [0.15, 0.2) is 0 Å². The molecule has 0 spiro atoms. The summed E-state index contributed by atoms with van der Waals surface area (Å²) < 4.78 is 26.5. The molecule has 2 N–H and O–H groups in total. The highest BCUT2D eigenvalue weighted by atomic mass is 32.2. The van der Waals surface area contributed by atoms with Gasteiger partial charge in [0.05, 0.1) is 0 Å². The van der Waals surface area contributed by atoms with Gasteiger partial charge in [-0.25, -0.2) is 13.1 Å². The van der Waals surface area contributed by atoms with E-state index in [0.29, 0.717) is 17.7 Å². The average Bonchev–Trinajstić information content (AvgIpc) is 2.85. The Balaban J connectivity index is 2.30. The fourth-order valence-electron chi connectivity index (χ4n) is 2.00. The van der Waals surface area contributed by atoms with Crippen molar-refractivity contribution < 1.29 is 13.2 Å². The van der Waals surface area contributed by atoms with E-state index < -0.39 is 21.5 Å². The highest BCUT2D eigenvalue weighted by Gasteiger charge is 2.22. The van der Waals surface area contributed by atoms with Gasteiger partial charge in [0.2, 0.25) is 5.56 Å². The van der Waals surface area contributed by atoms with Crippen LogP contribution in [0.3, 0.4) is 0 Å². The first-order valence-electron chi connectivity index (χ1n) is 6.68. The third-order valence-electron chi connectivity index (χ3n) is 2.97. The van der Waals surface area contributed by atoms with Gasteiger partial charge < -0.3 is 4.98 Å². The van der Waals surface area contributed by atoms with Gasteiger partial charge in [0.1, 0.15) is 4.21 Å². The summed E-state index contributed by atoms with van der Waals surface area (Å²) in [6.45, 7) is 3.59. The van der Waals surface area contributed by atoms with Gasteiger partial charge in [-0.3, -0.25) is 9.59 Å². The second-order valence-corrected chi connectivity index (χ2v) is 7.63. The smallest absolute Gasteiger partial charge is 0.274 e. The molecule has 118 valence electrons. The predicted octanol–water partition coefficient (Wildman–Crippen LogP) is 1.82. The van der Waals surface area contributed by atoms with Crippen molar-refractivity contribution >= 4 is 27.3 Å². The van der Waals surface area contributed by atoms with Gasteiger partial charge in [-0.2, -0.15) is 0 Å². The zero-order valence-corrected chi connectivity index (χ0v) is 13.8. The number of sulfonamides is 1. The summed E-state index contributed by atoms with van der Waals surface area (Å²) in [7, 11) is -3.93. The van der Waals surface area contributed by atoms with Crippen LogP contribution in [-0.4, -0.2) is 19.3 Å². The van der Waals surface area contributed by atoms with E-state index in [2.05, 4.69) is 4.98 Å². The molecule has 0 radical (unpaired) electrons. The third kappa shape index (κ3) is 3.63. The molecule has 0 unspecified atom stereocenters. The minimum atomic E-state index is -3.93. The van der Waals surface area contributed by atoms with E-state index >= 15 is 0 Å². The van der Waals surface area contributed by atoms with Crippen LogP contribution in [0, 0.1) is 6.92 Å². The number of amides is 1. The van der Waals surface area contributed by atoms with Crippen molar-refractivity contribution in [3.63, 3.8) is 0 Å². The number of carbonyl (C=O) groups is 1.